The molecule has 1 aromatic carbocycles. The van der Waals surface area contributed by atoms with Gasteiger partial charge < -0.3 is 4.74 Å². The van der Waals surface area contributed by atoms with Gasteiger partial charge in [0.2, 0.25) is 0 Å². The molecule has 4 heteroatoms. The third-order valence-electron chi connectivity index (χ3n) is 2.95. The maximum atomic E-state index is 12.1. The van der Waals surface area contributed by atoms with Crippen molar-refractivity contribution in [2.45, 2.75) is 26.3 Å². The fourth-order valence-corrected chi connectivity index (χ4v) is 1.80. The lowest BCUT2D eigenvalue weighted by molar-refractivity contribution is 0.0991. The van der Waals surface area contributed by atoms with E-state index in [-0.39, 0.29) is 5.78 Å². The van der Waals surface area contributed by atoms with Gasteiger partial charge in [0.1, 0.15) is 5.75 Å². The highest BCUT2D eigenvalue weighted by Gasteiger charge is 2.10. The van der Waals surface area contributed by atoms with Crippen LogP contribution in [0.25, 0.3) is 0 Å². The van der Waals surface area contributed by atoms with Gasteiger partial charge in [-0.3, -0.25) is 9.48 Å². The Morgan fingerprint density at radius 3 is 2.47 bits per heavy atom. The molecule has 0 aliphatic heterocycles. The van der Waals surface area contributed by atoms with E-state index in [1.54, 1.807) is 31.4 Å². The van der Waals surface area contributed by atoms with E-state index in [0.29, 0.717) is 18.0 Å². The molecule has 0 aliphatic carbocycles. The van der Waals surface area contributed by atoms with Crippen LogP contribution in [0.5, 0.6) is 5.75 Å². The summed E-state index contributed by atoms with van der Waals surface area (Å²) in [5.41, 5.74) is 1.48. The number of hydrogen-bond acceptors (Lipinski definition) is 3. The van der Waals surface area contributed by atoms with Crippen molar-refractivity contribution in [3.05, 3.63) is 47.8 Å². The van der Waals surface area contributed by atoms with Gasteiger partial charge >= 0.3 is 0 Å². The van der Waals surface area contributed by atoms with Crippen molar-refractivity contribution in [1.29, 1.82) is 0 Å². The normalized spacial score (nSPS) is 10.7. The van der Waals surface area contributed by atoms with Gasteiger partial charge in [-0.05, 0) is 44.2 Å². The third kappa shape index (κ3) is 3.22. The Labute approximate surface area is 113 Å². The number of carbonyl (C=O) groups is 1. The minimum absolute atomic E-state index is 0.0664. The highest BCUT2D eigenvalue weighted by Crippen LogP contribution is 2.13. The Morgan fingerprint density at radius 2 is 1.95 bits per heavy atom. The summed E-state index contributed by atoms with van der Waals surface area (Å²) in [6, 6.07) is 9.34. The van der Waals surface area contributed by atoms with Crippen LogP contribution in [0.4, 0.5) is 0 Å². The number of carbonyl (C=O) groups excluding carboxylic acids is 1. The molecule has 2 aromatic rings. The van der Waals surface area contributed by atoms with Crippen molar-refractivity contribution in [2.24, 2.45) is 0 Å². The molecule has 4 nitrogen and oxygen atoms in total. The molecule has 0 spiro atoms. The van der Waals surface area contributed by atoms with Crippen LogP contribution in [-0.4, -0.2) is 22.7 Å². The summed E-state index contributed by atoms with van der Waals surface area (Å²) in [6.45, 7) is 4.12. The fourth-order valence-electron chi connectivity index (χ4n) is 1.80. The van der Waals surface area contributed by atoms with E-state index in [2.05, 4.69) is 18.9 Å². The van der Waals surface area contributed by atoms with Crippen LogP contribution in [0.2, 0.25) is 0 Å². The Bertz CT molecular complexity index is 556. The van der Waals surface area contributed by atoms with Crippen molar-refractivity contribution < 1.29 is 9.53 Å². The standard InChI is InChI=1S/C15H18N2O2/c1-11(2)17-9-8-13(16-17)10-15(18)12-4-6-14(19-3)7-5-12/h4-9,11H,10H2,1-3H3. The number of rotatable bonds is 5. The van der Waals surface area contributed by atoms with E-state index in [0.717, 1.165) is 11.4 Å². The second-order valence-corrected chi connectivity index (χ2v) is 4.71. The lowest BCUT2D eigenvalue weighted by Crippen LogP contribution is -2.06. The van der Waals surface area contributed by atoms with Crippen LogP contribution in [0.3, 0.4) is 0 Å². The van der Waals surface area contributed by atoms with E-state index in [9.17, 15) is 4.79 Å². The molecule has 0 aliphatic rings. The summed E-state index contributed by atoms with van der Waals surface area (Å²) in [5, 5.41) is 4.38. The number of benzene rings is 1. The molecule has 0 N–H and O–H groups in total. The predicted molar refractivity (Wildman–Crippen MR) is 73.6 cm³/mol. The number of ether oxygens (including phenoxy) is 1. The lowest BCUT2D eigenvalue weighted by atomic mass is 10.1. The topological polar surface area (TPSA) is 44.1 Å². The van der Waals surface area contributed by atoms with Crippen molar-refractivity contribution >= 4 is 5.78 Å². The van der Waals surface area contributed by atoms with Crippen LogP contribution in [0.1, 0.15) is 35.9 Å². The van der Waals surface area contributed by atoms with Gasteiger partial charge in [0.05, 0.1) is 19.2 Å². The number of methoxy groups -OCH3 is 1. The monoisotopic (exact) mass is 258 g/mol. The average Bonchev–Trinajstić information content (AvgIpc) is 2.87. The van der Waals surface area contributed by atoms with Gasteiger partial charge in [-0.2, -0.15) is 5.10 Å². The lowest BCUT2D eigenvalue weighted by Gasteiger charge is -2.04. The van der Waals surface area contributed by atoms with Crippen LogP contribution in [0, 0.1) is 0 Å². The van der Waals surface area contributed by atoms with Crippen LogP contribution in [0.15, 0.2) is 36.5 Å². The smallest absolute Gasteiger partial charge is 0.168 e. The quantitative estimate of drug-likeness (QED) is 0.774. The minimum Gasteiger partial charge on any atom is -0.497 e. The Hall–Kier alpha value is -2.10. The average molecular weight is 258 g/mol. The molecule has 19 heavy (non-hydrogen) atoms. The summed E-state index contributed by atoms with van der Waals surface area (Å²) < 4.78 is 6.93. The minimum atomic E-state index is 0.0664. The van der Waals surface area contributed by atoms with Gasteiger partial charge in [-0.1, -0.05) is 0 Å². The van der Waals surface area contributed by atoms with Crippen LogP contribution in [-0.2, 0) is 6.42 Å². The molecule has 0 saturated heterocycles. The summed E-state index contributed by atoms with van der Waals surface area (Å²) in [7, 11) is 1.61. The number of nitrogens with zero attached hydrogens (tertiary/aromatic N) is 2. The highest BCUT2D eigenvalue weighted by atomic mass is 16.5. The second-order valence-electron chi connectivity index (χ2n) is 4.71. The van der Waals surface area contributed by atoms with Crippen molar-refractivity contribution in [2.75, 3.05) is 7.11 Å². The summed E-state index contributed by atoms with van der Waals surface area (Å²) >= 11 is 0. The molecular formula is C15H18N2O2. The number of ketones is 1. The van der Waals surface area contributed by atoms with E-state index in [4.69, 9.17) is 4.74 Å². The van der Waals surface area contributed by atoms with Gasteiger partial charge in [0.25, 0.3) is 0 Å². The zero-order chi connectivity index (χ0) is 13.8. The van der Waals surface area contributed by atoms with Crippen LogP contribution >= 0.6 is 0 Å². The van der Waals surface area contributed by atoms with Crippen molar-refractivity contribution in [3.8, 4) is 5.75 Å². The number of hydrogen-bond donors (Lipinski definition) is 0. The van der Waals surface area contributed by atoms with E-state index in [1.807, 2.05) is 16.9 Å². The van der Waals surface area contributed by atoms with Gasteiger partial charge in [0.15, 0.2) is 5.78 Å². The molecule has 0 fully saturated rings. The Kier molecular flexibility index (Phi) is 4.00. The first-order chi connectivity index (χ1) is 9.10. The maximum absolute atomic E-state index is 12.1. The molecule has 0 unspecified atom stereocenters. The molecule has 0 saturated carbocycles. The van der Waals surface area contributed by atoms with E-state index in [1.165, 1.54) is 0 Å². The second kappa shape index (κ2) is 5.69. The van der Waals surface area contributed by atoms with Crippen molar-refractivity contribution in [1.82, 2.24) is 9.78 Å². The number of aromatic nitrogens is 2. The Morgan fingerprint density at radius 1 is 1.26 bits per heavy atom. The fraction of sp³-hybridized carbons (Fsp3) is 0.333. The Balaban J connectivity index is 2.06. The van der Waals surface area contributed by atoms with Gasteiger partial charge in [0, 0.05) is 17.8 Å². The molecule has 1 heterocycles. The third-order valence-corrected chi connectivity index (χ3v) is 2.95. The summed E-state index contributed by atoms with van der Waals surface area (Å²) in [6.07, 6.45) is 2.23. The molecule has 0 amide bonds. The zero-order valence-corrected chi connectivity index (χ0v) is 11.5. The zero-order valence-electron chi connectivity index (χ0n) is 11.5. The molecule has 0 atom stereocenters. The van der Waals surface area contributed by atoms with E-state index >= 15 is 0 Å². The number of Topliss-reactive ketones (excluding diaryl/α,β-unsaturated/α-hetero) is 1. The maximum Gasteiger partial charge on any atom is 0.168 e. The molecule has 0 bridgehead atoms. The van der Waals surface area contributed by atoms with Gasteiger partial charge in [-0.25, -0.2) is 0 Å². The SMILES string of the molecule is COc1ccc(C(=O)Cc2ccn(C(C)C)n2)cc1. The molecule has 2 rings (SSSR count). The van der Waals surface area contributed by atoms with Crippen molar-refractivity contribution in [3.63, 3.8) is 0 Å². The van der Waals surface area contributed by atoms with Crippen LogP contribution < -0.4 is 4.74 Å². The summed E-state index contributed by atoms with van der Waals surface area (Å²) in [5.74, 6) is 0.817. The molecule has 100 valence electrons. The largest absolute Gasteiger partial charge is 0.497 e. The predicted octanol–water partition coefficient (Wildman–Crippen LogP) is 2.90. The first kappa shape index (κ1) is 13.3. The first-order valence-corrected chi connectivity index (χ1v) is 6.31. The highest BCUT2D eigenvalue weighted by molar-refractivity contribution is 5.97. The first-order valence-electron chi connectivity index (χ1n) is 6.31. The molecule has 1 aromatic heterocycles. The van der Waals surface area contributed by atoms with Gasteiger partial charge in [-0.15, -0.1) is 0 Å². The molecular weight excluding hydrogens is 240 g/mol. The van der Waals surface area contributed by atoms with E-state index < -0.39 is 0 Å². The summed E-state index contributed by atoms with van der Waals surface area (Å²) in [4.78, 5) is 12.1. The molecule has 0 radical (unpaired) electrons.